The van der Waals surface area contributed by atoms with Crippen LogP contribution in [0.25, 0.3) is 11.0 Å². The number of halogens is 6. The average molecular weight is 398 g/mol. The SMILES string of the molecule is O=c1[nH]c2c(Cl)cc(Cl)c(Oc3ccc(Cl)c(C(F)(F)F)c3)c2[nH]1. The lowest BCUT2D eigenvalue weighted by Crippen LogP contribution is -2.06. The summed E-state index contributed by atoms with van der Waals surface area (Å²) in [5, 5.41) is -0.281. The zero-order valence-corrected chi connectivity index (χ0v) is 13.7. The maximum Gasteiger partial charge on any atom is 0.417 e. The number of aromatic nitrogens is 2. The Morgan fingerprint density at radius 2 is 1.58 bits per heavy atom. The van der Waals surface area contributed by atoms with Crippen molar-refractivity contribution >= 4 is 45.8 Å². The largest absolute Gasteiger partial charge is 0.453 e. The highest BCUT2D eigenvalue weighted by Gasteiger charge is 2.33. The van der Waals surface area contributed by atoms with E-state index in [1.54, 1.807) is 0 Å². The van der Waals surface area contributed by atoms with Crippen LogP contribution in [0.4, 0.5) is 13.2 Å². The number of imidazole rings is 1. The third kappa shape index (κ3) is 3.07. The fourth-order valence-electron chi connectivity index (χ4n) is 2.10. The minimum atomic E-state index is -4.64. The van der Waals surface area contributed by atoms with Gasteiger partial charge in [-0.15, -0.1) is 0 Å². The van der Waals surface area contributed by atoms with Gasteiger partial charge in [-0.05, 0) is 24.3 Å². The molecule has 10 heteroatoms. The van der Waals surface area contributed by atoms with Crippen molar-refractivity contribution in [3.8, 4) is 11.5 Å². The molecule has 0 aliphatic rings. The number of benzene rings is 2. The van der Waals surface area contributed by atoms with Crippen LogP contribution in [0.3, 0.4) is 0 Å². The molecule has 3 rings (SSSR count). The smallest absolute Gasteiger partial charge is 0.417 e. The summed E-state index contributed by atoms with van der Waals surface area (Å²) >= 11 is 17.6. The van der Waals surface area contributed by atoms with E-state index in [4.69, 9.17) is 39.5 Å². The van der Waals surface area contributed by atoms with E-state index in [2.05, 4.69) is 9.97 Å². The molecule has 0 unspecified atom stereocenters. The van der Waals surface area contributed by atoms with Crippen molar-refractivity contribution in [2.24, 2.45) is 0 Å². The van der Waals surface area contributed by atoms with Gasteiger partial charge in [0.2, 0.25) is 0 Å². The normalized spacial score (nSPS) is 11.9. The van der Waals surface area contributed by atoms with Gasteiger partial charge in [0, 0.05) is 0 Å². The van der Waals surface area contributed by atoms with Gasteiger partial charge < -0.3 is 14.7 Å². The van der Waals surface area contributed by atoms with Gasteiger partial charge in [0.05, 0.1) is 26.1 Å². The van der Waals surface area contributed by atoms with Crippen LogP contribution in [-0.4, -0.2) is 9.97 Å². The first-order chi connectivity index (χ1) is 11.2. The molecule has 0 saturated carbocycles. The van der Waals surface area contributed by atoms with E-state index in [0.717, 1.165) is 12.1 Å². The van der Waals surface area contributed by atoms with E-state index >= 15 is 0 Å². The van der Waals surface area contributed by atoms with Crippen molar-refractivity contribution in [2.75, 3.05) is 0 Å². The Kier molecular flexibility index (Phi) is 4.19. The van der Waals surface area contributed by atoms with Crippen LogP contribution < -0.4 is 10.4 Å². The Hall–Kier alpha value is -1.83. The van der Waals surface area contributed by atoms with Gasteiger partial charge >= 0.3 is 11.9 Å². The number of hydrogen-bond donors (Lipinski definition) is 2. The first-order valence-electron chi connectivity index (χ1n) is 6.31. The molecule has 0 amide bonds. The quantitative estimate of drug-likeness (QED) is 0.589. The van der Waals surface area contributed by atoms with Crippen LogP contribution in [0.2, 0.25) is 15.1 Å². The Morgan fingerprint density at radius 1 is 0.917 bits per heavy atom. The molecule has 0 aliphatic carbocycles. The number of nitrogens with one attached hydrogen (secondary N) is 2. The monoisotopic (exact) mass is 396 g/mol. The predicted octanol–water partition coefficient (Wildman–Crippen LogP) is 5.63. The third-order valence-corrected chi connectivity index (χ3v) is 4.03. The van der Waals surface area contributed by atoms with Crippen LogP contribution in [0.15, 0.2) is 29.1 Å². The van der Waals surface area contributed by atoms with E-state index in [1.807, 2.05) is 0 Å². The van der Waals surface area contributed by atoms with Gasteiger partial charge in [-0.3, -0.25) is 0 Å². The second-order valence-electron chi connectivity index (χ2n) is 4.74. The molecule has 3 aromatic rings. The minimum absolute atomic E-state index is 0.0197. The molecular formula is C14H6Cl3F3N2O2. The molecule has 0 aliphatic heterocycles. The molecule has 2 aromatic carbocycles. The van der Waals surface area contributed by atoms with E-state index in [0.29, 0.717) is 0 Å². The molecule has 0 bridgehead atoms. The molecule has 0 radical (unpaired) electrons. The highest BCUT2D eigenvalue weighted by atomic mass is 35.5. The van der Waals surface area contributed by atoms with Gasteiger partial charge in [0.25, 0.3) is 0 Å². The van der Waals surface area contributed by atoms with Gasteiger partial charge in [0.15, 0.2) is 5.75 Å². The Labute approximate surface area is 147 Å². The maximum atomic E-state index is 12.9. The number of hydrogen-bond acceptors (Lipinski definition) is 2. The molecule has 0 atom stereocenters. The number of alkyl halides is 3. The zero-order chi connectivity index (χ0) is 17.6. The number of aromatic amines is 2. The topological polar surface area (TPSA) is 57.9 Å². The molecule has 4 nitrogen and oxygen atoms in total. The van der Waals surface area contributed by atoms with Crippen LogP contribution in [0.1, 0.15) is 5.56 Å². The standard InChI is InChI=1S/C14H6Cl3F3N2O2/c15-7-2-1-5(3-6(7)14(18,19)20)24-12-9(17)4-8(16)10-11(12)22-13(23)21-10/h1-4H,(H2,21,22,23). The highest BCUT2D eigenvalue weighted by Crippen LogP contribution is 2.41. The fraction of sp³-hybridized carbons (Fsp3) is 0.0714. The lowest BCUT2D eigenvalue weighted by Gasteiger charge is -2.13. The van der Waals surface area contributed by atoms with E-state index in [-0.39, 0.29) is 32.6 Å². The Balaban J connectivity index is 2.13. The summed E-state index contributed by atoms with van der Waals surface area (Å²) in [4.78, 5) is 16.3. The molecule has 0 spiro atoms. The first kappa shape index (κ1) is 17.0. The summed E-state index contributed by atoms with van der Waals surface area (Å²) in [6.45, 7) is 0. The van der Waals surface area contributed by atoms with E-state index in [9.17, 15) is 18.0 Å². The Morgan fingerprint density at radius 3 is 2.25 bits per heavy atom. The first-order valence-corrected chi connectivity index (χ1v) is 7.45. The van der Waals surface area contributed by atoms with Crippen molar-refractivity contribution in [3.63, 3.8) is 0 Å². The number of ether oxygens (including phenoxy) is 1. The Bertz CT molecular complexity index is 995. The summed E-state index contributed by atoms with van der Waals surface area (Å²) in [5.41, 5.74) is -1.25. The molecule has 0 fully saturated rings. The average Bonchev–Trinajstić information content (AvgIpc) is 2.86. The van der Waals surface area contributed by atoms with Crippen molar-refractivity contribution in [2.45, 2.75) is 6.18 Å². The summed E-state index contributed by atoms with van der Waals surface area (Å²) < 4.78 is 44.2. The van der Waals surface area contributed by atoms with Gasteiger partial charge in [-0.2, -0.15) is 13.2 Å². The second kappa shape index (κ2) is 5.91. The lowest BCUT2D eigenvalue weighted by atomic mass is 10.2. The molecule has 24 heavy (non-hydrogen) atoms. The summed E-state index contributed by atoms with van der Waals surface area (Å²) in [6.07, 6.45) is -4.64. The molecule has 2 N–H and O–H groups in total. The van der Waals surface area contributed by atoms with Crippen LogP contribution >= 0.6 is 34.8 Å². The lowest BCUT2D eigenvalue weighted by molar-refractivity contribution is -0.137. The summed E-state index contributed by atoms with van der Waals surface area (Å²) in [6, 6.07) is 4.36. The van der Waals surface area contributed by atoms with Gasteiger partial charge in [0.1, 0.15) is 11.3 Å². The van der Waals surface area contributed by atoms with Gasteiger partial charge in [-0.1, -0.05) is 34.8 Å². The molecular weight excluding hydrogens is 392 g/mol. The highest BCUT2D eigenvalue weighted by molar-refractivity contribution is 6.39. The maximum absolute atomic E-state index is 12.9. The summed E-state index contributed by atoms with van der Waals surface area (Å²) in [7, 11) is 0. The van der Waals surface area contributed by atoms with Crippen molar-refractivity contribution in [3.05, 3.63) is 55.4 Å². The predicted molar refractivity (Wildman–Crippen MR) is 85.5 cm³/mol. The van der Waals surface area contributed by atoms with Crippen molar-refractivity contribution in [1.82, 2.24) is 9.97 Å². The molecule has 1 aromatic heterocycles. The third-order valence-electron chi connectivity index (χ3n) is 3.13. The van der Waals surface area contributed by atoms with Crippen LogP contribution in [-0.2, 0) is 6.18 Å². The molecule has 1 heterocycles. The second-order valence-corrected chi connectivity index (χ2v) is 5.96. The number of H-pyrrole nitrogens is 2. The van der Waals surface area contributed by atoms with Crippen LogP contribution in [0.5, 0.6) is 11.5 Å². The minimum Gasteiger partial charge on any atom is -0.453 e. The van der Waals surface area contributed by atoms with Crippen molar-refractivity contribution < 1.29 is 17.9 Å². The van der Waals surface area contributed by atoms with Crippen LogP contribution in [0, 0.1) is 0 Å². The number of fused-ring (bicyclic) bond motifs is 1. The zero-order valence-electron chi connectivity index (χ0n) is 11.4. The van der Waals surface area contributed by atoms with Gasteiger partial charge in [-0.25, -0.2) is 4.79 Å². The number of rotatable bonds is 2. The molecule has 0 saturated heterocycles. The van der Waals surface area contributed by atoms with Crippen molar-refractivity contribution in [1.29, 1.82) is 0 Å². The fourth-order valence-corrected chi connectivity index (χ4v) is 2.88. The van der Waals surface area contributed by atoms with E-state index in [1.165, 1.54) is 12.1 Å². The summed E-state index contributed by atoms with van der Waals surface area (Å²) in [5.74, 6) is -0.191. The van der Waals surface area contributed by atoms with E-state index < -0.39 is 22.5 Å². The molecule has 126 valence electrons.